The lowest BCUT2D eigenvalue weighted by atomic mass is 9.91. The van der Waals surface area contributed by atoms with Gasteiger partial charge in [-0.2, -0.15) is 0 Å². The summed E-state index contributed by atoms with van der Waals surface area (Å²) >= 11 is 14.1. The standard InChI is InChI=1S/C46H53Cl2N9O6S/c1-24(2)40(37-19-25(3)55-63-37)45(62)56-23-33(58)20-36(56)44(61)52-34(29-9-13-31(47)14-10-29)21-38(59)49-17-7-8-18-50-39(60)22-35-43-54-53-28(6)57(43)46-41(26(4)27(5)64-46)42(51-35)30-11-15-32(48)16-12-30/h9-16,19,24,33-36,40,58H,7-8,17-18,20-23H2,1-6H3,(H,49,59)(H,50,60)(H,52,61). The SMILES string of the molecule is Cc1cc(C(C(=O)N2CC(O)CC2C(=O)NC(CC(=O)NCCCCNC(=O)CC2N=C(c3ccc(Cl)cc3)c3c(sc(C)c3C)-n3c(C)nnc32)c2ccc(Cl)cc2)C(C)C)on1. The van der Waals surface area contributed by atoms with Gasteiger partial charge in [0.05, 0.1) is 36.4 Å². The summed E-state index contributed by atoms with van der Waals surface area (Å²) in [6, 6.07) is 13.8. The quantitative estimate of drug-likeness (QED) is 0.0770. The molecule has 18 heteroatoms. The number of likely N-dealkylation sites (tertiary alicyclic amines) is 1. The average molecular weight is 931 g/mol. The third-order valence-electron chi connectivity index (χ3n) is 11.7. The number of aryl methyl sites for hydroxylation is 3. The molecule has 15 nitrogen and oxygen atoms in total. The molecule has 338 valence electrons. The van der Waals surface area contributed by atoms with Crippen molar-refractivity contribution >= 4 is 63.9 Å². The molecule has 4 N–H and O–H groups in total. The molecule has 0 spiro atoms. The van der Waals surface area contributed by atoms with Crippen LogP contribution in [0, 0.1) is 33.6 Å². The van der Waals surface area contributed by atoms with Crippen LogP contribution >= 0.6 is 34.5 Å². The Morgan fingerprint density at radius 1 is 0.922 bits per heavy atom. The molecule has 1 fully saturated rings. The van der Waals surface area contributed by atoms with Gasteiger partial charge in [-0.1, -0.05) is 66.5 Å². The number of carbonyl (C=O) groups excluding carboxylic acids is 4. The number of rotatable bonds is 16. The Morgan fingerprint density at radius 3 is 2.22 bits per heavy atom. The molecule has 0 radical (unpaired) electrons. The maximum Gasteiger partial charge on any atom is 0.243 e. The van der Waals surface area contributed by atoms with Crippen molar-refractivity contribution in [1.29, 1.82) is 0 Å². The molecule has 0 bridgehead atoms. The Bertz CT molecular complexity index is 2530. The number of β-amino-alcohol motifs (C(OH)–C–C–N with tert-alkyl or cyclic N) is 1. The molecule has 0 saturated carbocycles. The monoisotopic (exact) mass is 929 g/mol. The lowest BCUT2D eigenvalue weighted by molar-refractivity contribution is -0.141. The van der Waals surface area contributed by atoms with Gasteiger partial charge in [-0.15, -0.1) is 21.5 Å². The van der Waals surface area contributed by atoms with E-state index in [1.54, 1.807) is 48.6 Å². The van der Waals surface area contributed by atoms with E-state index in [1.807, 2.05) is 49.6 Å². The van der Waals surface area contributed by atoms with Crippen molar-refractivity contribution < 1.29 is 28.8 Å². The zero-order valence-corrected chi connectivity index (χ0v) is 39.0. The van der Waals surface area contributed by atoms with Crippen LogP contribution in [0.25, 0.3) is 5.00 Å². The molecule has 2 aliphatic heterocycles. The number of amides is 4. The summed E-state index contributed by atoms with van der Waals surface area (Å²) < 4.78 is 7.47. The summed E-state index contributed by atoms with van der Waals surface area (Å²) in [5.74, 6) is -0.492. The fraction of sp³-hybridized carbons (Fsp3) is 0.435. The van der Waals surface area contributed by atoms with E-state index in [9.17, 15) is 24.3 Å². The largest absolute Gasteiger partial charge is 0.391 e. The lowest BCUT2D eigenvalue weighted by Gasteiger charge is -2.30. The van der Waals surface area contributed by atoms with Crippen LogP contribution in [0.2, 0.25) is 10.0 Å². The maximum atomic E-state index is 14.0. The first-order valence-corrected chi connectivity index (χ1v) is 23.0. The van der Waals surface area contributed by atoms with Crippen molar-refractivity contribution in [2.24, 2.45) is 10.9 Å². The average Bonchev–Trinajstić information content (AvgIpc) is 4.01. The molecule has 1 saturated heterocycles. The summed E-state index contributed by atoms with van der Waals surface area (Å²) in [5.41, 5.74) is 5.04. The Labute approximate surface area is 386 Å². The van der Waals surface area contributed by atoms with Crippen LogP contribution in [0.4, 0.5) is 0 Å². The van der Waals surface area contributed by atoms with Gasteiger partial charge in [0.15, 0.2) is 5.82 Å². The number of aromatic nitrogens is 4. The molecule has 5 aromatic rings. The molecule has 5 atom stereocenters. The minimum atomic E-state index is -0.967. The molecule has 2 aliphatic rings. The van der Waals surface area contributed by atoms with Crippen LogP contribution in [-0.4, -0.2) is 91.0 Å². The number of aliphatic hydroxyl groups is 1. The van der Waals surface area contributed by atoms with Crippen molar-refractivity contribution in [3.63, 3.8) is 0 Å². The van der Waals surface area contributed by atoms with Gasteiger partial charge in [-0.05, 0) is 81.8 Å². The smallest absolute Gasteiger partial charge is 0.243 e. The first-order valence-electron chi connectivity index (χ1n) is 21.5. The van der Waals surface area contributed by atoms with Crippen LogP contribution < -0.4 is 16.0 Å². The minimum absolute atomic E-state index is 0.0161. The number of nitrogens with zero attached hydrogens (tertiary/aromatic N) is 6. The molecule has 4 amide bonds. The first kappa shape index (κ1) is 46.6. The fourth-order valence-corrected chi connectivity index (χ4v) is 9.77. The number of aliphatic imine (C=N–C) groups is 1. The molecular formula is C46H53Cl2N9O6S. The Morgan fingerprint density at radius 2 is 1.58 bits per heavy atom. The Balaban J connectivity index is 0.941. The van der Waals surface area contributed by atoms with Crippen molar-refractivity contribution in [1.82, 2.24) is 40.8 Å². The van der Waals surface area contributed by atoms with Crippen molar-refractivity contribution in [3.05, 3.63) is 115 Å². The van der Waals surface area contributed by atoms with Gasteiger partial charge in [0.2, 0.25) is 23.6 Å². The number of nitrogens with one attached hydrogen (secondary N) is 3. The number of hydrogen-bond donors (Lipinski definition) is 4. The molecular weight excluding hydrogens is 878 g/mol. The summed E-state index contributed by atoms with van der Waals surface area (Å²) in [6.45, 7) is 12.3. The normalized spacial score (nSPS) is 17.9. The number of carbonyl (C=O) groups is 4. The molecule has 64 heavy (non-hydrogen) atoms. The van der Waals surface area contributed by atoms with Gasteiger partial charge in [-0.3, -0.25) is 28.7 Å². The van der Waals surface area contributed by atoms with Crippen molar-refractivity contribution in [3.8, 4) is 5.00 Å². The molecule has 3 aromatic heterocycles. The second-order valence-electron chi connectivity index (χ2n) is 16.8. The second kappa shape index (κ2) is 20.2. The van der Waals surface area contributed by atoms with Gasteiger partial charge < -0.3 is 30.5 Å². The van der Waals surface area contributed by atoms with Gasteiger partial charge in [0.1, 0.15) is 34.6 Å². The molecule has 2 aromatic carbocycles. The van der Waals surface area contributed by atoms with Crippen LogP contribution in [0.1, 0.15) is 114 Å². The number of aliphatic hydroxyl groups excluding tert-OH is 1. The van der Waals surface area contributed by atoms with Crippen molar-refractivity contribution in [2.45, 2.75) is 104 Å². The van der Waals surface area contributed by atoms with Crippen LogP contribution in [0.3, 0.4) is 0 Å². The predicted molar refractivity (Wildman–Crippen MR) is 245 cm³/mol. The molecule has 5 unspecified atom stereocenters. The number of fused-ring (bicyclic) bond motifs is 3. The number of thiophene rings is 1. The highest BCUT2D eigenvalue weighted by Crippen LogP contribution is 2.40. The van der Waals surface area contributed by atoms with Gasteiger partial charge >= 0.3 is 0 Å². The van der Waals surface area contributed by atoms with Gasteiger partial charge in [0.25, 0.3) is 0 Å². The second-order valence-corrected chi connectivity index (χ2v) is 18.9. The summed E-state index contributed by atoms with van der Waals surface area (Å²) in [7, 11) is 0. The van der Waals surface area contributed by atoms with E-state index in [0.717, 1.165) is 32.3 Å². The van der Waals surface area contributed by atoms with E-state index in [4.69, 9.17) is 32.7 Å². The topological polar surface area (TPSA) is 197 Å². The number of unbranched alkanes of at least 4 members (excludes halogenated alkanes) is 1. The fourth-order valence-electron chi connectivity index (χ4n) is 8.31. The van der Waals surface area contributed by atoms with Gasteiger partial charge in [0, 0.05) is 58.2 Å². The number of halogens is 2. The Hall–Kier alpha value is -5.42. The highest BCUT2D eigenvalue weighted by atomic mass is 35.5. The zero-order chi connectivity index (χ0) is 45.8. The number of benzene rings is 2. The summed E-state index contributed by atoms with van der Waals surface area (Å²) in [4.78, 5) is 62.5. The van der Waals surface area contributed by atoms with Crippen LogP contribution in [-0.2, 0) is 19.2 Å². The highest BCUT2D eigenvalue weighted by molar-refractivity contribution is 7.15. The van der Waals surface area contributed by atoms with E-state index < -0.39 is 36.1 Å². The van der Waals surface area contributed by atoms with E-state index in [1.165, 1.54) is 4.90 Å². The summed E-state index contributed by atoms with van der Waals surface area (Å²) in [5, 5.41) is 34.5. The minimum Gasteiger partial charge on any atom is -0.391 e. The third-order valence-corrected chi connectivity index (χ3v) is 13.4. The predicted octanol–water partition coefficient (Wildman–Crippen LogP) is 6.80. The molecule has 0 aliphatic carbocycles. The van der Waals surface area contributed by atoms with Crippen LogP contribution in [0.15, 0.2) is 64.1 Å². The van der Waals surface area contributed by atoms with E-state index in [2.05, 4.69) is 45.2 Å². The third kappa shape index (κ3) is 10.4. The summed E-state index contributed by atoms with van der Waals surface area (Å²) in [6.07, 6.45) is 0.285. The van der Waals surface area contributed by atoms with E-state index in [-0.39, 0.29) is 49.4 Å². The number of hydrogen-bond acceptors (Lipinski definition) is 11. The molecule has 5 heterocycles. The zero-order valence-electron chi connectivity index (χ0n) is 36.7. The van der Waals surface area contributed by atoms with Gasteiger partial charge in [-0.25, -0.2) is 0 Å². The van der Waals surface area contributed by atoms with Crippen molar-refractivity contribution in [2.75, 3.05) is 19.6 Å². The van der Waals surface area contributed by atoms with Crippen LogP contribution in [0.5, 0.6) is 0 Å². The Kier molecular flexibility index (Phi) is 14.7. The van der Waals surface area contributed by atoms with E-state index >= 15 is 0 Å². The lowest BCUT2D eigenvalue weighted by Crippen LogP contribution is -2.49. The maximum absolute atomic E-state index is 14.0. The van der Waals surface area contributed by atoms with E-state index in [0.29, 0.717) is 64.6 Å². The molecule has 7 rings (SSSR count). The first-order chi connectivity index (χ1) is 30.6. The highest BCUT2D eigenvalue weighted by Gasteiger charge is 2.44.